The molecule has 8 rings (SSSR count). The van der Waals surface area contributed by atoms with Gasteiger partial charge in [0.05, 0.1) is 25.2 Å². The van der Waals surface area contributed by atoms with E-state index in [1.807, 2.05) is 54.7 Å². The minimum atomic E-state index is -1.10. The maximum Gasteiger partial charge on any atom is 0.329 e. The molecule has 0 unspecified atom stereocenters. The molecule has 3 atom stereocenters. The van der Waals surface area contributed by atoms with E-state index in [4.69, 9.17) is 21.1 Å². The molecular weight excluding hydrogens is 760 g/mol. The van der Waals surface area contributed by atoms with Crippen LogP contribution in [0.4, 0.5) is 5.69 Å². The number of aromatic nitrogens is 2. The van der Waals surface area contributed by atoms with Gasteiger partial charge in [-0.15, -0.1) is 0 Å². The van der Waals surface area contributed by atoms with E-state index in [-0.39, 0.29) is 17.2 Å². The van der Waals surface area contributed by atoms with Crippen LogP contribution in [0.5, 0.6) is 11.5 Å². The summed E-state index contributed by atoms with van der Waals surface area (Å²) in [6.45, 7) is 6.16. The molecule has 0 aliphatic heterocycles. The number of carboxylic acids is 1. The van der Waals surface area contributed by atoms with Gasteiger partial charge < -0.3 is 25.2 Å². The maximum absolute atomic E-state index is 13.1. The smallest absolute Gasteiger partial charge is 0.329 e. The average molecular weight is 815 g/mol. The fourth-order valence-electron chi connectivity index (χ4n) is 10.1. The summed E-state index contributed by atoms with van der Waals surface area (Å²) in [7, 11) is 0. The molecule has 2 aromatic heterocycles. The van der Waals surface area contributed by atoms with Crippen LogP contribution in [0.3, 0.4) is 0 Å². The van der Waals surface area contributed by atoms with Gasteiger partial charge in [0.1, 0.15) is 17.0 Å². The van der Waals surface area contributed by atoms with E-state index in [1.54, 1.807) is 18.3 Å². The van der Waals surface area contributed by atoms with Crippen molar-refractivity contribution < 1.29 is 24.2 Å². The van der Waals surface area contributed by atoms with Crippen LogP contribution in [0.25, 0.3) is 10.9 Å². The van der Waals surface area contributed by atoms with Gasteiger partial charge in [-0.2, -0.15) is 0 Å². The lowest BCUT2D eigenvalue weighted by Gasteiger charge is -2.47. The lowest BCUT2D eigenvalue weighted by molar-refractivity contribution is -0.144. The highest BCUT2D eigenvalue weighted by Gasteiger charge is 2.54. The number of hydrogen-bond acceptors (Lipinski definition) is 7. The highest BCUT2D eigenvalue weighted by Crippen LogP contribution is 2.57. The van der Waals surface area contributed by atoms with E-state index >= 15 is 0 Å². The molecule has 3 aromatic carbocycles. The molecule has 1 amide bonds. The van der Waals surface area contributed by atoms with E-state index in [0.29, 0.717) is 62.3 Å². The number of amides is 1. The van der Waals surface area contributed by atoms with Crippen LogP contribution in [0, 0.1) is 11.8 Å². The monoisotopic (exact) mass is 814 g/mol. The van der Waals surface area contributed by atoms with Crippen LogP contribution < -0.4 is 20.1 Å². The van der Waals surface area contributed by atoms with Crippen molar-refractivity contribution in [2.45, 2.75) is 101 Å². The molecule has 2 heterocycles. The van der Waals surface area contributed by atoms with Crippen LogP contribution in [0.2, 0.25) is 5.02 Å². The minimum absolute atomic E-state index is 0.0207. The molecule has 0 radical (unpaired) electrons. The first-order valence-electron chi connectivity index (χ1n) is 21.4. The van der Waals surface area contributed by atoms with E-state index in [9.17, 15) is 14.7 Å². The predicted octanol–water partition coefficient (Wildman–Crippen LogP) is 9.88. The van der Waals surface area contributed by atoms with Gasteiger partial charge >= 0.3 is 5.97 Å². The zero-order valence-electron chi connectivity index (χ0n) is 34.1. The number of halogens is 1. The third kappa shape index (κ3) is 8.91. The number of nitrogens with zero attached hydrogens (tertiary/aromatic N) is 2. The highest BCUT2D eigenvalue weighted by atomic mass is 35.5. The first kappa shape index (κ1) is 40.6. The molecule has 1 fully saturated rings. The van der Waals surface area contributed by atoms with Crippen molar-refractivity contribution in [3.63, 3.8) is 0 Å². The summed E-state index contributed by atoms with van der Waals surface area (Å²) in [5.41, 5.74) is 6.33. The number of aliphatic carboxylic acids is 1. The molecule has 3 aliphatic carbocycles. The summed E-state index contributed by atoms with van der Waals surface area (Å²) in [5.74, 6) is 1.97. The van der Waals surface area contributed by atoms with Gasteiger partial charge in [0.25, 0.3) is 0 Å². The van der Waals surface area contributed by atoms with E-state index in [2.05, 4.69) is 52.6 Å². The maximum atomic E-state index is 13.1. The molecule has 0 bridgehead atoms. The van der Waals surface area contributed by atoms with Crippen LogP contribution in [-0.4, -0.2) is 52.2 Å². The number of hydrogen-bond donors (Lipinski definition) is 3. The van der Waals surface area contributed by atoms with Crippen molar-refractivity contribution in [1.29, 1.82) is 0 Å². The average Bonchev–Trinajstić information content (AvgIpc) is 3.51. The molecule has 308 valence electrons. The fourth-order valence-corrected chi connectivity index (χ4v) is 10.3. The van der Waals surface area contributed by atoms with Crippen molar-refractivity contribution in [1.82, 2.24) is 15.3 Å². The van der Waals surface area contributed by atoms with Crippen molar-refractivity contribution in [2.75, 3.05) is 25.1 Å². The second-order valence-corrected chi connectivity index (χ2v) is 17.7. The van der Waals surface area contributed by atoms with E-state index in [1.165, 1.54) is 28.8 Å². The molecule has 59 heavy (non-hydrogen) atoms. The summed E-state index contributed by atoms with van der Waals surface area (Å²) < 4.78 is 12.9. The van der Waals surface area contributed by atoms with Gasteiger partial charge in [-0.25, -0.2) is 4.79 Å². The Kier molecular flexibility index (Phi) is 12.1. The quantitative estimate of drug-likeness (QED) is 0.0894. The highest BCUT2D eigenvalue weighted by molar-refractivity contribution is 6.30. The molecule has 1 spiro atoms. The van der Waals surface area contributed by atoms with Gasteiger partial charge in [0.15, 0.2) is 0 Å². The SMILES string of the molecule is C[C@@H](COc1ccnc2c1[C@H](C)CCC2)C[C@H]1Cc2ccc(OCCCNC(=O)Cc3ccc4ncccc4c3)cc2C12CCC(Nc1cccc(Cl)c1)(C(=O)O)CC2. The summed E-state index contributed by atoms with van der Waals surface area (Å²) in [5, 5.41) is 18.7. The Balaban J connectivity index is 0.940. The molecule has 3 aliphatic rings. The molecule has 1 saturated carbocycles. The van der Waals surface area contributed by atoms with Crippen LogP contribution in [0.15, 0.2) is 91.3 Å². The minimum Gasteiger partial charge on any atom is -0.494 e. The summed E-state index contributed by atoms with van der Waals surface area (Å²) in [4.78, 5) is 34.9. The van der Waals surface area contributed by atoms with Crippen molar-refractivity contribution >= 4 is 40.1 Å². The van der Waals surface area contributed by atoms with Crippen LogP contribution in [-0.2, 0) is 34.3 Å². The Morgan fingerprint density at radius 2 is 1.83 bits per heavy atom. The number of carboxylic acid groups (broad SMARTS) is 1. The van der Waals surface area contributed by atoms with E-state index in [0.717, 1.165) is 72.2 Å². The van der Waals surface area contributed by atoms with Gasteiger partial charge in [0.2, 0.25) is 5.91 Å². The zero-order valence-corrected chi connectivity index (χ0v) is 34.9. The lowest BCUT2D eigenvalue weighted by atomic mass is 9.59. The number of anilines is 1. The third-order valence-electron chi connectivity index (χ3n) is 13.2. The third-order valence-corrected chi connectivity index (χ3v) is 13.4. The Bertz CT molecular complexity index is 2310. The zero-order chi connectivity index (χ0) is 41.0. The largest absolute Gasteiger partial charge is 0.494 e. The van der Waals surface area contributed by atoms with Gasteiger partial charge in [-0.05, 0) is 159 Å². The molecule has 3 N–H and O–H groups in total. The Labute approximate surface area is 352 Å². The van der Waals surface area contributed by atoms with Crippen molar-refractivity contribution in [2.24, 2.45) is 11.8 Å². The molecule has 9 nitrogen and oxygen atoms in total. The van der Waals surface area contributed by atoms with Crippen molar-refractivity contribution in [3.05, 3.63) is 124 Å². The number of carbonyl (C=O) groups excluding carboxylic acids is 1. The Hall–Kier alpha value is -5.15. The molecule has 0 saturated heterocycles. The van der Waals surface area contributed by atoms with Crippen LogP contribution >= 0.6 is 11.6 Å². The lowest BCUT2D eigenvalue weighted by Crippen LogP contribution is -2.53. The number of carbonyl (C=O) groups is 2. The number of nitrogens with one attached hydrogen (secondary N) is 2. The first-order chi connectivity index (χ1) is 28.6. The van der Waals surface area contributed by atoms with Gasteiger partial charge in [-0.1, -0.05) is 49.7 Å². The molecule has 5 aromatic rings. The number of ether oxygens (including phenoxy) is 2. The number of aryl methyl sites for hydroxylation is 1. The molecule has 10 heteroatoms. The predicted molar refractivity (Wildman–Crippen MR) is 233 cm³/mol. The van der Waals surface area contributed by atoms with Gasteiger partial charge in [0, 0.05) is 46.3 Å². The number of benzene rings is 3. The first-order valence-corrected chi connectivity index (χ1v) is 21.7. The van der Waals surface area contributed by atoms with Crippen LogP contribution in [0.1, 0.15) is 99.1 Å². The number of rotatable bonds is 15. The molecular formula is C49H55ClN4O5. The standard InChI is InChI=1S/C49H55ClN4O5/c1-32(31-59-44-16-23-52-43-11-3-7-33(2)46(43)44)25-37-28-35-13-14-40(58-24-6-22-53-45(55)27-34-12-15-42-36(26-34)8-5-21-51-42)30-41(35)48(37)17-19-49(20-18-48,47(56)57)54-39-10-4-9-38(50)29-39/h4-5,8-10,12-16,21,23,26,29-30,32-33,37,54H,3,6-7,11,17-20,22,24-25,27-28,31H2,1-2H3,(H,53,55)(H,56,57)/t32-,33-,37+,48?,49?/m1/s1. The number of pyridine rings is 2. The second kappa shape index (κ2) is 17.6. The summed E-state index contributed by atoms with van der Waals surface area (Å²) >= 11 is 6.31. The second-order valence-electron chi connectivity index (χ2n) is 17.3. The van der Waals surface area contributed by atoms with Gasteiger partial charge in [-0.3, -0.25) is 14.8 Å². The topological polar surface area (TPSA) is 123 Å². The fraction of sp³-hybridized carbons (Fsp3) is 0.429. The Morgan fingerprint density at radius 1 is 0.966 bits per heavy atom. The normalized spacial score (nSPS) is 22.6. The Morgan fingerprint density at radius 3 is 2.66 bits per heavy atom. The van der Waals surface area contributed by atoms with E-state index < -0.39 is 11.5 Å². The number of fused-ring (bicyclic) bond motifs is 4. The summed E-state index contributed by atoms with van der Waals surface area (Å²) in [6.07, 6.45) is 12.3. The van der Waals surface area contributed by atoms with Crippen molar-refractivity contribution in [3.8, 4) is 11.5 Å². The summed E-state index contributed by atoms with van der Waals surface area (Å²) in [6, 6.07) is 25.7.